The van der Waals surface area contributed by atoms with Crippen molar-refractivity contribution in [1.29, 1.82) is 0 Å². The molecule has 6 aromatic carbocycles. The molecule has 63 heavy (non-hydrogen) atoms. The highest BCUT2D eigenvalue weighted by Gasteiger charge is 2.57. The van der Waals surface area contributed by atoms with Gasteiger partial charge in [-0.05, 0) is 130 Å². The van der Waals surface area contributed by atoms with E-state index in [1.807, 2.05) is 11.3 Å². The van der Waals surface area contributed by atoms with Crippen LogP contribution in [0.1, 0.15) is 97.8 Å². The van der Waals surface area contributed by atoms with E-state index in [0.29, 0.717) is 0 Å². The van der Waals surface area contributed by atoms with Crippen LogP contribution < -0.4 is 35.3 Å². The Balaban J connectivity index is 1.28. The van der Waals surface area contributed by atoms with Crippen LogP contribution in [0.4, 0.5) is 56.9 Å². The van der Waals surface area contributed by atoms with Crippen molar-refractivity contribution in [2.75, 3.05) is 26.6 Å². The fraction of sp³-hybridized carbons (Fsp3) is 0.298. The lowest BCUT2D eigenvalue weighted by Crippen LogP contribution is -2.61. The molecule has 11 rings (SSSR count). The largest absolute Gasteiger partial charge is 0.368 e. The van der Waals surface area contributed by atoms with Gasteiger partial charge in [-0.2, -0.15) is 11.3 Å². The fourth-order valence-electron chi connectivity index (χ4n) is 11.7. The van der Waals surface area contributed by atoms with Crippen LogP contribution in [0.3, 0.4) is 0 Å². The molecule has 4 nitrogen and oxygen atoms in total. The van der Waals surface area contributed by atoms with Crippen molar-refractivity contribution in [3.05, 3.63) is 162 Å². The molecule has 0 bridgehead atoms. The van der Waals surface area contributed by atoms with Crippen molar-refractivity contribution >= 4 is 90.6 Å². The van der Waals surface area contributed by atoms with Gasteiger partial charge in [0.15, 0.2) is 0 Å². The molecule has 6 heteroatoms. The van der Waals surface area contributed by atoms with Crippen LogP contribution in [0.25, 0.3) is 0 Å². The molecule has 2 unspecified atom stereocenters. The number of fused-ring (bicyclic) bond motifs is 7. The van der Waals surface area contributed by atoms with E-state index >= 15 is 0 Å². The molecule has 0 saturated heterocycles. The Kier molecular flexibility index (Phi) is 9.00. The van der Waals surface area contributed by atoms with Crippen molar-refractivity contribution in [1.82, 2.24) is 0 Å². The van der Waals surface area contributed by atoms with Gasteiger partial charge in [-0.3, -0.25) is 0 Å². The minimum Gasteiger partial charge on any atom is -0.368 e. The summed E-state index contributed by atoms with van der Waals surface area (Å²) in [6, 6.07) is 52.7. The first-order valence-corrected chi connectivity index (χ1v) is 24.0. The quantitative estimate of drug-likeness (QED) is 0.160. The standard InChI is InChI=1S/C57H59BN4S/c1-54(2,3)38-27-29-42(30-28-38)62-50-34-43(60(39-21-13-10-14-22-39)40-23-15-11-16-24-40)33-49-51(50)58(53-52(62)45(37-63-53)55(4,5)6)46-35-44-47(36-48(46)61(49)41-25-17-12-18-26-41)59(9)57(8)32-20-19-31-56(44,57)7/h10-18,21-30,33-37H,19-20,31-32H2,1-9H3. The summed E-state index contributed by atoms with van der Waals surface area (Å²) in [7, 11) is 2.37. The fourth-order valence-corrected chi connectivity index (χ4v) is 13.1. The molecule has 0 radical (unpaired) electrons. The molecule has 1 aromatic heterocycles. The van der Waals surface area contributed by atoms with E-state index in [1.54, 1.807) is 0 Å². The zero-order chi connectivity index (χ0) is 43.6. The van der Waals surface area contributed by atoms with E-state index in [1.165, 1.54) is 97.9 Å². The normalized spacial score (nSPS) is 19.9. The lowest BCUT2D eigenvalue weighted by atomic mass is 9.35. The number of likely N-dealkylation sites (N-methyl/N-ethyl adjacent to an activating group) is 1. The third kappa shape index (κ3) is 5.93. The van der Waals surface area contributed by atoms with Crippen molar-refractivity contribution in [3.63, 3.8) is 0 Å². The molecule has 7 aromatic rings. The Hall–Kier alpha value is -5.72. The first-order chi connectivity index (χ1) is 30.2. The summed E-state index contributed by atoms with van der Waals surface area (Å²) in [6.45, 7) is 19.3. The minimum absolute atomic E-state index is 0.0415. The molecule has 4 heterocycles. The zero-order valence-electron chi connectivity index (χ0n) is 38.5. The van der Waals surface area contributed by atoms with E-state index in [0.717, 1.165) is 17.1 Å². The number of benzene rings is 6. The average Bonchev–Trinajstić information content (AvgIpc) is 3.79. The first kappa shape index (κ1) is 40.1. The Labute approximate surface area is 379 Å². The van der Waals surface area contributed by atoms with Gasteiger partial charge in [0.2, 0.25) is 0 Å². The highest BCUT2D eigenvalue weighted by molar-refractivity contribution is 7.28. The lowest BCUT2D eigenvalue weighted by Gasteiger charge is -2.49. The van der Waals surface area contributed by atoms with Gasteiger partial charge in [-0.25, -0.2) is 0 Å². The van der Waals surface area contributed by atoms with E-state index in [4.69, 9.17) is 0 Å². The van der Waals surface area contributed by atoms with Gasteiger partial charge >= 0.3 is 0 Å². The van der Waals surface area contributed by atoms with E-state index < -0.39 is 0 Å². The molecule has 316 valence electrons. The summed E-state index contributed by atoms with van der Waals surface area (Å²) in [6.07, 6.45) is 4.97. The van der Waals surface area contributed by atoms with Crippen LogP contribution in [0, 0.1) is 0 Å². The van der Waals surface area contributed by atoms with E-state index in [2.05, 4.69) is 227 Å². The predicted molar refractivity (Wildman–Crippen MR) is 273 cm³/mol. The Morgan fingerprint density at radius 1 is 0.587 bits per heavy atom. The summed E-state index contributed by atoms with van der Waals surface area (Å²) < 4.78 is 1.43. The number of hydrogen-bond donors (Lipinski definition) is 0. The molecule has 3 aliphatic heterocycles. The smallest absolute Gasteiger partial charge is 0.264 e. The molecule has 0 amide bonds. The van der Waals surface area contributed by atoms with Crippen molar-refractivity contribution in [2.24, 2.45) is 0 Å². The monoisotopic (exact) mass is 842 g/mol. The van der Waals surface area contributed by atoms with Crippen molar-refractivity contribution < 1.29 is 0 Å². The van der Waals surface area contributed by atoms with Gasteiger partial charge in [0, 0.05) is 68.3 Å². The topological polar surface area (TPSA) is 13.0 Å². The molecule has 2 atom stereocenters. The van der Waals surface area contributed by atoms with Gasteiger partial charge in [-0.1, -0.05) is 134 Å². The molecule has 1 saturated carbocycles. The van der Waals surface area contributed by atoms with Crippen LogP contribution >= 0.6 is 11.3 Å². The number of para-hydroxylation sites is 3. The van der Waals surface area contributed by atoms with Crippen LogP contribution in [-0.2, 0) is 16.2 Å². The van der Waals surface area contributed by atoms with Gasteiger partial charge in [0.25, 0.3) is 6.71 Å². The summed E-state index contributed by atoms with van der Waals surface area (Å²) >= 11 is 1.96. The van der Waals surface area contributed by atoms with E-state index in [-0.39, 0.29) is 28.5 Å². The number of rotatable bonds is 5. The summed E-state index contributed by atoms with van der Waals surface area (Å²) in [4.78, 5) is 10.4. The third-order valence-electron chi connectivity index (χ3n) is 15.4. The second-order valence-corrected chi connectivity index (χ2v) is 22.0. The molecule has 4 aliphatic rings. The highest BCUT2D eigenvalue weighted by Crippen LogP contribution is 2.59. The highest BCUT2D eigenvalue weighted by atomic mass is 32.1. The summed E-state index contributed by atoms with van der Waals surface area (Å²) in [5.74, 6) is 0. The Bertz CT molecular complexity index is 2840. The van der Waals surface area contributed by atoms with E-state index in [9.17, 15) is 0 Å². The van der Waals surface area contributed by atoms with Crippen LogP contribution in [0.15, 0.2) is 145 Å². The Morgan fingerprint density at radius 2 is 1.16 bits per heavy atom. The molecule has 1 fully saturated rings. The molecule has 1 aliphatic carbocycles. The van der Waals surface area contributed by atoms with Crippen LogP contribution in [0.2, 0.25) is 0 Å². The number of nitrogens with zero attached hydrogens (tertiary/aromatic N) is 4. The third-order valence-corrected chi connectivity index (χ3v) is 16.5. The van der Waals surface area contributed by atoms with Crippen molar-refractivity contribution in [2.45, 2.75) is 103 Å². The lowest BCUT2D eigenvalue weighted by molar-refractivity contribution is 0.190. The molecular formula is C57H59BN4S. The van der Waals surface area contributed by atoms with Gasteiger partial charge in [0.1, 0.15) is 0 Å². The summed E-state index contributed by atoms with van der Waals surface area (Å²) in [5, 5.41) is 2.48. The molecule has 0 spiro atoms. The molecular weight excluding hydrogens is 784 g/mol. The van der Waals surface area contributed by atoms with Crippen molar-refractivity contribution in [3.8, 4) is 0 Å². The zero-order valence-corrected chi connectivity index (χ0v) is 39.3. The number of anilines is 10. The van der Waals surface area contributed by atoms with Crippen LogP contribution in [0.5, 0.6) is 0 Å². The molecule has 0 N–H and O–H groups in total. The number of thiophene rings is 1. The average molecular weight is 843 g/mol. The SMILES string of the molecule is CN1c2cc3c(cc2C2(C)CCCCC12C)B1c2scc(C(C)(C)C)c2N(c2ccc(C(C)(C)C)cc2)c2cc(N(c4ccccc4)c4ccccc4)cc(c21)N3c1ccccc1. The van der Waals surface area contributed by atoms with Gasteiger partial charge in [-0.15, -0.1) is 0 Å². The maximum Gasteiger partial charge on any atom is 0.264 e. The maximum atomic E-state index is 2.69. The second-order valence-electron chi connectivity index (χ2n) is 21.1. The first-order valence-electron chi connectivity index (χ1n) is 23.1. The summed E-state index contributed by atoms with van der Waals surface area (Å²) in [5.41, 5.74) is 19.3. The second kappa shape index (κ2) is 14.1. The van der Waals surface area contributed by atoms with Gasteiger partial charge < -0.3 is 19.6 Å². The Morgan fingerprint density at radius 3 is 1.76 bits per heavy atom. The van der Waals surface area contributed by atoms with Gasteiger partial charge in [0.05, 0.1) is 11.4 Å². The maximum absolute atomic E-state index is 2.69. The minimum atomic E-state index is -0.0860. The predicted octanol–water partition coefficient (Wildman–Crippen LogP) is 13.9. The van der Waals surface area contributed by atoms with Crippen LogP contribution in [-0.4, -0.2) is 19.3 Å². The number of hydrogen-bond acceptors (Lipinski definition) is 5.